The molecule has 268 valence electrons. The fourth-order valence-electron chi connectivity index (χ4n) is 7.53. The fraction of sp³-hybridized carbons (Fsp3) is 0.0943. The van der Waals surface area contributed by atoms with E-state index < -0.39 is 0 Å². The van der Waals surface area contributed by atoms with Crippen molar-refractivity contribution < 1.29 is 0 Å². The van der Waals surface area contributed by atoms with Crippen LogP contribution < -0.4 is 9.80 Å². The summed E-state index contributed by atoms with van der Waals surface area (Å²) in [5.74, 6) is 0. The average molecular weight is 711 g/mol. The average Bonchev–Trinajstić information content (AvgIpc) is 3.21. The third-order valence-electron chi connectivity index (χ3n) is 10.5. The highest BCUT2D eigenvalue weighted by atomic mass is 15.1. The molecule has 0 unspecified atom stereocenters. The highest BCUT2D eigenvalue weighted by molar-refractivity contribution is 5.94. The molecule has 0 spiro atoms. The van der Waals surface area contributed by atoms with Gasteiger partial charge >= 0.3 is 0 Å². The molecule has 0 bridgehead atoms. The van der Waals surface area contributed by atoms with Gasteiger partial charge in [0.2, 0.25) is 0 Å². The number of aryl methyl sites for hydroxylation is 5. The molecule has 8 aromatic carbocycles. The van der Waals surface area contributed by atoms with Gasteiger partial charge in [-0.05, 0) is 146 Å². The molecule has 8 aromatic rings. The number of hydrogen-bond donors (Lipinski definition) is 0. The standard InChI is InChI=1S/C53H46N2/c1-37-19-27-44(28-20-37)54(45-29-21-38(2)22-30-45)48-14-9-12-42(35-48)50-16-6-7-17-51(50)52-18-8-11-41(5)53(52)43-13-10-15-49(36-43)55(46-31-23-39(3)24-32-46)47-33-25-40(4)26-34-47/h6-36H,1-5H3. The second-order valence-electron chi connectivity index (χ2n) is 14.7. The van der Waals surface area contributed by atoms with Crippen molar-refractivity contribution in [2.75, 3.05) is 9.80 Å². The lowest BCUT2D eigenvalue weighted by Gasteiger charge is -2.27. The summed E-state index contributed by atoms with van der Waals surface area (Å²) in [4.78, 5) is 4.70. The maximum absolute atomic E-state index is 2.35. The van der Waals surface area contributed by atoms with Crippen LogP contribution >= 0.6 is 0 Å². The first-order chi connectivity index (χ1) is 26.8. The summed E-state index contributed by atoms with van der Waals surface area (Å²) in [7, 11) is 0. The van der Waals surface area contributed by atoms with Gasteiger partial charge in [0.25, 0.3) is 0 Å². The van der Waals surface area contributed by atoms with Crippen LogP contribution in [0.1, 0.15) is 27.8 Å². The summed E-state index contributed by atoms with van der Waals surface area (Å²) in [5, 5.41) is 0. The van der Waals surface area contributed by atoms with Gasteiger partial charge in [0, 0.05) is 34.1 Å². The van der Waals surface area contributed by atoms with E-state index in [-0.39, 0.29) is 0 Å². The van der Waals surface area contributed by atoms with Crippen molar-refractivity contribution in [3.63, 3.8) is 0 Å². The Hall–Kier alpha value is -6.64. The van der Waals surface area contributed by atoms with Gasteiger partial charge in [-0.3, -0.25) is 0 Å². The minimum Gasteiger partial charge on any atom is -0.310 e. The predicted octanol–water partition coefficient (Wildman–Crippen LogP) is 15.2. The first-order valence-electron chi connectivity index (χ1n) is 19.1. The summed E-state index contributed by atoms with van der Waals surface area (Å²) in [6.07, 6.45) is 0. The zero-order valence-corrected chi connectivity index (χ0v) is 32.3. The Bertz CT molecular complexity index is 2470. The van der Waals surface area contributed by atoms with Gasteiger partial charge in [-0.25, -0.2) is 0 Å². The highest BCUT2D eigenvalue weighted by Gasteiger charge is 2.19. The smallest absolute Gasteiger partial charge is 0.0467 e. The van der Waals surface area contributed by atoms with Gasteiger partial charge in [-0.1, -0.05) is 138 Å². The van der Waals surface area contributed by atoms with Gasteiger partial charge < -0.3 is 9.80 Å². The van der Waals surface area contributed by atoms with Crippen molar-refractivity contribution >= 4 is 34.1 Å². The lowest BCUT2D eigenvalue weighted by molar-refractivity contribution is 1.27. The van der Waals surface area contributed by atoms with E-state index >= 15 is 0 Å². The molecule has 2 nitrogen and oxygen atoms in total. The Balaban J connectivity index is 1.24. The second-order valence-corrected chi connectivity index (χ2v) is 14.7. The molecule has 0 aliphatic carbocycles. The molecule has 2 heteroatoms. The maximum atomic E-state index is 2.35. The Morgan fingerprint density at radius 2 is 0.636 bits per heavy atom. The van der Waals surface area contributed by atoms with Crippen LogP contribution in [0.3, 0.4) is 0 Å². The monoisotopic (exact) mass is 710 g/mol. The number of anilines is 6. The van der Waals surface area contributed by atoms with Gasteiger partial charge in [0.1, 0.15) is 0 Å². The minimum absolute atomic E-state index is 1.12. The van der Waals surface area contributed by atoms with Gasteiger partial charge in [0.05, 0.1) is 0 Å². The number of hydrogen-bond acceptors (Lipinski definition) is 2. The summed E-state index contributed by atoms with van der Waals surface area (Å²) >= 11 is 0. The van der Waals surface area contributed by atoms with E-state index in [1.54, 1.807) is 0 Å². The van der Waals surface area contributed by atoms with Crippen molar-refractivity contribution in [2.24, 2.45) is 0 Å². The largest absolute Gasteiger partial charge is 0.310 e. The Labute approximate surface area is 326 Å². The van der Waals surface area contributed by atoms with Crippen molar-refractivity contribution in [3.05, 3.63) is 216 Å². The molecule has 0 heterocycles. The minimum atomic E-state index is 1.12. The predicted molar refractivity (Wildman–Crippen MR) is 236 cm³/mol. The SMILES string of the molecule is Cc1ccc(N(c2ccc(C)cc2)c2cccc(-c3ccccc3-c3cccc(C)c3-c3cccc(N(c4ccc(C)cc4)c4ccc(C)cc4)c3)c2)cc1. The quantitative estimate of drug-likeness (QED) is 0.147. The zero-order valence-electron chi connectivity index (χ0n) is 32.3. The maximum Gasteiger partial charge on any atom is 0.0467 e. The fourth-order valence-corrected chi connectivity index (χ4v) is 7.53. The highest BCUT2D eigenvalue weighted by Crippen LogP contribution is 2.44. The Morgan fingerprint density at radius 3 is 1.09 bits per heavy atom. The van der Waals surface area contributed by atoms with E-state index in [4.69, 9.17) is 0 Å². The van der Waals surface area contributed by atoms with Crippen LogP contribution in [0, 0.1) is 34.6 Å². The van der Waals surface area contributed by atoms with Crippen LogP contribution in [0.4, 0.5) is 34.1 Å². The van der Waals surface area contributed by atoms with Crippen LogP contribution in [0.2, 0.25) is 0 Å². The molecule has 0 saturated carbocycles. The zero-order chi connectivity index (χ0) is 37.9. The van der Waals surface area contributed by atoms with Gasteiger partial charge in [-0.15, -0.1) is 0 Å². The molecule has 0 fully saturated rings. The molecular weight excluding hydrogens is 665 g/mol. The van der Waals surface area contributed by atoms with E-state index in [1.807, 2.05) is 0 Å². The second kappa shape index (κ2) is 15.4. The topological polar surface area (TPSA) is 6.48 Å². The van der Waals surface area contributed by atoms with Crippen molar-refractivity contribution in [1.82, 2.24) is 0 Å². The lowest BCUT2D eigenvalue weighted by atomic mass is 9.87. The van der Waals surface area contributed by atoms with Crippen LogP contribution in [-0.4, -0.2) is 0 Å². The number of nitrogens with zero attached hydrogens (tertiary/aromatic N) is 2. The molecule has 0 atom stereocenters. The Kier molecular flexibility index (Phi) is 9.90. The third kappa shape index (κ3) is 7.45. The van der Waals surface area contributed by atoms with Crippen LogP contribution in [-0.2, 0) is 0 Å². The van der Waals surface area contributed by atoms with E-state index in [1.165, 1.54) is 61.2 Å². The summed E-state index contributed by atoms with van der Waals surface area (Å²) in [5.41, 5.74) is 20.2. The van der Waals surface area contributed by atoms with Crippen molar-refractivity contribution in [2.45, 2.75) is 34.6 Å². The molecular formula is C53H46N2. The first-order valence-corrected chi connectivity index (χ1v) is 19.1. The number of benzene rings is 8. The van der Waals surface area contributed by atoms with Crippen LogP contribution in [0.15, 0.2) is 188 Å². The van der Waals surface area contributed by atoms with E-state index in [9.17, 15) is 0 Å². The molecule has 0 amide bonds. The molecule has 55 heavy (non-hydrogen) atoms. The normalized spacial score (nSPS) is 11.0. The molecule has 8 rings (SSSR count). The molecule has 0 saturated heterocycles. The lowest BCUT2D eigenvalue weighted by Crippen LogP contribution is -2.10. The molecule has 0 aliphatic rings. The molecule has 0 radical (unpaired) electrons. The Morgan fingerprint density at radius 1 is 0.273 bits per heavy atom. The van der Waals surface area contributed by atoms with Crippen LogP contribution in [0.5, 0.6) is 0 Å². The molecule has 0 aromatic heterocycles. The van der Waals surface area contributed by atoms with Crippen molar-refractivity contribution in [1.29, 1.82) is 0 Å². The van der Waals surface area contributed by atoms with Crippen LogP contribution in [0.25, 0.3) is 33.4 Å². The molecule has 0 aliphatic heterocycles. The first kappa shape index (κ1) is 35.4. The summed E-state index contributed by atoms with van der Waals surface area (Å²) in [6.45, 7) is 10.8. The third-order valence-corrected chi connectivity index (χ3v) is 10.5. The van der Waals surface area contributed by atoms with E-state index in [0.29, 0.717) is 0 Å². The van der Waals surface area contributed by atoms with Gasteiger partial charge in [-0.2, -0.15) is 0 Å². The summed E-state index contributed by atoms with van der Waals surface area (Å²) < 4.78 is 0. The molecule has 0 N–H and O–H groups in total. The summed E-state index contributed by atoms with van der Waals surface area (Å²) in [6, 6.07) is 68.7. The van der Waals surface area contributed by atoms with E-state index in [0.717, 1.165) is 34.1 Å². The number of rotatable bonds is 9. The van der Waals surface area contributed by atoms with E-state index in [2.05, 4.69) is 232 Å². The van der Waals surface area contributed by atoms with Gasteiger partial charge in [0.15, 0.2) is 0 Å². The van der Waals surface area contributed by atoms with Crippen molar-refractivity contribution in [3.8, 4) is 33.4 Å².